The molecule has 25 heavy (non-hydrogen) atoms. The van der Waals surface area contributed by atoms with Crippen LogP contribution in [0.3, 0.4) is 0 Å². The van der Waals surface area contributed by atoms with Gasteiger partial charge in [0.25, 0.3) is 0 Å². The fourth-order valence-corrected chi connectivity index (χ4v) is 3.27. The van der Waals surface area contributed by atoms with Gasteiger partial charge in [-0.15, -0.1) is 0 Å². The zero-order valence-corrected chi connectivity index (χ0v) is 14.7. The molecule has 2 heterocycles. The summed E-state index contributed by atoms with van der Waals surface area (Å²) >= 11 is 1.63. The van der Waals surface area contributed by atoms with Crippen LogP contribution in [0, 0.1) is 0 Å². The number of nitrogens with zero attached hydrogens (tertiary/aromatic N) is 1. The number of benzene rings is 1. The van der Waals surface area contributed by atoms with Crippen LogP contribution in [-0.4, -0.2) is 39.5 Å². The van der Waals surface area contributed by atoms with Gasteiger partial charge in [0.15, 0.2) is 0 Å². The molecular formula is C18H17NO5S. The molecule has 1 aromatic carbocycles. The van der Waals surface area contributed by atoms with Gasteiger partial charge in [-0.2, -0.15) is 11.3 Å². The van der Waals surface area contributed by atoms with E-state index in [9.17, 15) is 9.59 Å². The second-order valence-corrected chi connectivity index (χ2v) is 6.05. The van der Waals surface area contributed by atoms with Gasteiger partial charge in [-0.3, -0.25) is 0 Å². The van der Waals surface area contributed by atoms with Gasteiger partial charge in [-0.05, 0) is 40.1 Å². The van der Waals surface area contributed by atoms with Crippen molar-refractivity contribution in [2.45, 2.75) is 0 Å². The Balaban J connectivity index is 1.99. The summed E-state index contributed by atoms with van der Waals surface area (Å²) in [5.41, 5.74) is 3.21. The number of rotatable bonds is 4. The molecule has 0 atom stereocenters. The molecule has 130 valence electrons. The van der Waals surface area contributed by atoms with Gasteiger partial charge in [0, 0.05) is 5.69 Å². The van der Waals surface area contributed by atoms with Crippen molar-refractivity contribution >= 4 is 29.0 Å². The number of esters is 2. The Bertz CT molecular complexity index is 795. The van der Waals surface area contributed by atoms with Crippen molar-refractivity contribution in [3.05, 3.63) is 52.4 Å². The summed E-state index contributed by atoms with van der Waals surface area (Å²) < 4.78 is 15.1. The van der Waals surface area contributed by atoms with Crippen LogP contribution in [0.15, 0.2) is 52.4 Å². The molecule has 0 saturated carbocycles. The Morgan fingerprint density at radius 3 is 2.36 bits per heavy atom. The molecule has 0 amide bonds. The van der Waals surface area contributed by atoms with Gasteiger partial charge in [0.05, 0.1) is 26.4 Å². The van der Waals surface area contributed by atoms with E-state index in [2.05, 4.69) is 5.38 Å². The smallest absolute Gasteiger partial charge is 0.355 e. The predicted octanol–water partition coefficient (Wildman–Crippen LogP) is 2.81. The highest BCUT2D eigenvalue weighted by atomic mass is 32.1. The summed E-state index contributed by atoms with van der Waals surface area (Å²) in [5.74, 6) is -1.22. The van der Waals surface area contributed by atoms with E-state index < -0.39 is 11.9 Å². The van der Waals surface area contributed by atoms with Crippen molar-refractivity contribution in [1.29, 1.82) is 0 Å². The van der Waals surface area contributed by atoms with Crippen LogP contribution in [0.2, 0.25) is 0 Å². The Kier molecular flexibility index (Phi) is 5.16. The molecule has 0 radical (unpaired) electrons. The van der Waals surface area contributed by atoms with Crippen molar-refractivity contribution in [3.63, 3.8) is 0 Å². The van der Waals surface area contributed by atoms with Crippen LogP contribution in [0.4, 0.5) is 5.69 Å². The second-order valence-electron chi connectivity index (χ2n) is 5.27. The molecule has 1 aromatic heterocycles. The predicted molar refractivity (Wildman–Crippen MR) is 94.1 cm³/mol. The molecule has 7 heteroatoms. The summed E-state index contributed by atoms with van der Waals surface area (Å²) in [6, 6.07) is 9.70. The van der Waals surface area contributed by atoms with Crippen LogP contribution in [0.1, 0.15) is 0 Å². The van der Waals surface area contributed by atoms with E-state index >= 15 is 0 Å². The zero-order valence-electron chi connectivity index (χ0n) is 13.9. The van der Waals surface area contributed by atoms with Crippen molar-refractivity contribution in [1.82, 2.24) is 0 Å². The minimum absolute atomic E-state index is 0.000589. The number of carbonyl (C=O) groups excluding carboxylic acids is 2. The van der Waals surface area contributed by atoms with Gasteiger partial charge in [-0.25, -0.2) is 9.59 Å². The molecule has 3 rings (SSSR count). The maximum atomic E-state index is 12.3. The first-order valence-corrected chi connectivity index (χ1v) is 8.47. The van der Waals surface area contributed by atoms with Crippen molar-refractivity contribution in [2.24, 2.45) is 0 Å². The maximum absolute atomic E-state index is 12.3. The number of ether oxygens (including phenoxy) is 3. The van der Waals surface area contributed by atoms with E-state index in [1.54, 1.807) is 16.2 Å². The van der Waals surface area contributed by atoms with Crippen molar-refractivity contribution in [3.8, 4) is 11.1 Å². The van der Waals surface area contributed by atoms with E-state index in [1.807, 2.05) is 35.7 Å². The van der Waals surface area contributed by atoms with Crippen molar-refractivity contribution in [2.75, 3.05) is 32.5 Å². The molecule has 0 unspecified atom stereocenters. The topological polar surface area (TPSA) is 65.1 Å². The van der Waals surface area contributed by atoms with Crippen LogP contribution in [0.25, 0.3) is 11.1 Å². The van der Waals surface area contributed by atoms with Crippen molar-refractivity contribution < 1.29 is 23.8 Å². The largest absolute Gasteiger partial charge is 0.466 e. The summed E-state index contributed by atoms with van der Waals surface area (Å²) in [4.78, 5) is 25.9. The summed E-state index contributed by atoms with van der Waals surface area (Å²) in [5, 5.41) is 4.08. The minimum Gasteiger partial charge on any atom is -0.466 e. The van der Waals surface area contributed by atoms with E-state index in [1.165, 1.54) is 14.2 Å². The quantitative estimate of drug-likeness (QED) is 0.782. The number of carbonyl (C=O) groups is 2. The van der Waals surface area contributed by atoms with Gasteiger partial charge < -0.3 is 19.1 Å². The highest BCUT2D eigenvalue weighted by Gasteiger charge is 2.32. The van der Waals surface area contributed by atoms with Crippen LogP contribution in [0.5, 0.6) is 0 Å². The Labute approximate surface area is 149 Å². The summed E-state index contributed by atoms with van der Waals surface area (Å²) in [6.07, 6.45) is 0. The van der Waals surface area contributed by atoms with E-state index in [0.29, 0.717) is 0 Å². The molecule has 0 aliphatic carbocycles. The second kappa shape index (κ2) is 7.50. The molecule has 0 fully saturated rings. The fourth-order valence-electron chi connectivity index (χ4n) is 2.61. The van der Waals surface area contributed by atoms with Crippen LogP contribution in [-0.2, 0) is 23.8 Å². The first kappa shape index (κ1) is 17.2. The van der Waals surface area contributed by atoms with E-state index in [0.717, 1.165) is 16.8 Å². The lowest BCUT2D eigenvalue weighted by Gasteiger charge is -2.31. The fraction of sp³-hybridized carbons (Fsp3) is 0.222. The summed E-state index contributed by atoms with van der Waals surface area (Å²) in [7, 11) is 2.54. The first-order chi connectivity index (χ1) is 12.2. The molecular weight excluding hydrogens is 342 g/mol. The Morgan fingerprint density at radius 1 is 1.04 bits per heavy atom. The third-order valence-corrected chi connectivity index (χ3v) is 4.55. The monoisotopic (exact) mass is 359 g/mol. The Morgan fingerprint density at radius 2 is 1.76 bits per heavy atom. The average molecular weight is 359 g/mol. The van der Waals surface area contributed by atoms with Gasteiger partial charge in [-0.1, -0.05) is 12.1 Å². The number of hydrogen-bond acceptors (Lipinski definition) is 7. The van der Waals surface area contributed by atoms with Gasteiger partial charge >= 0.3 is 11.9 Å². The van der Waals surface area contributed by atoms with Crippen LogP contribution < -0.4 is 4.90 Å². The number of methoxy groups -OCH3 is 2. The maximum Gasteiger partial charge on any atom is 0.355 e. The highest BCUT2D eigenvalue weighted by molar-refractivity contribution is 7.08. The number of anilines is 1. The summed E-state index contributed by atoms with van der Waals surface area (Å²) in [6.45, 7) is 0.142. The molecule has 6 nitrogen and oxygen atoms in total. The van der Waals surface area contributed by atoms with Crippen LogP contribution >= 0.6 is 11.3 Å². The molecule has 2 aromatic rings. The molecule has 1 aliphatic heterocycles. The lowest BCUT2D eigenvalue weighted by Crippen LogP contribution is -2.38. The zero-order chi connectivity index (χ0) is 17.8. The number of hydrogen-bond donors (Lipinski definition) is 0. The van der Waals surface area contributed by atoms with Gasteiger partial charge in [0.1, 0.15) is 12.4 Å². The normalized spacial score (nSPS) is 14.4. The standard InChI is InChI=1S/C18H17NO5S/c1-22-17(20)15-9-24-11-19(16(15)18(21)23-2)14-5-3-12(4-6-14)13-7-8-25-10-13/h3-8,10H,9,11H2,1-2H3. The third-order valence-electron chi connectivity index (χ3n) is 3.87. The molecule has 0 saturated heterocycles. The Hall–Kier alpha value is -2.64. The minimum atomic E-state index is -0.611. The van der Waals surface area contributed by atoms with E-state index in [4.69, 9.17) is 14.2 Å². The first-order valence-electron chi connectivity index (χ1n) is 7.53. The lowest BCUT2D eigenvalue weighted by molar-refractivity contribution is -0.140. The molecule has 0 N–H and O–H groups in total. The molecule has 0 spiro atoms. The van der Waals surface area contributed by atoms with Gasteiger partial charge in [0.2, 0.25) is 0 Å². The number of thiophene rings is 1. The highest BCUT2D eigenvalue weighted by Crippen LogP contribution is 2.29. The third kappa shape index (κ3) is 3.42. The lowest BCUT2D eigenvalue weighted by atomic mass is 10.1. The average Bonchev–Trinajstić information content (AvgIpc) is 3.21. The SMILES string of the molecule is COC(=O)C1=C(C(=O)OC)N(c2ccc(-c3ccsc3)cc2)COC1. The van der Waals surface area contributed by atoms with E-state index in [-0.39, 0.29) is 24.6 Å². The molecule has 0 bridgehead atoms. The molecule has 1 aliphatic rings.